The molecule has 0 saturated carbocycles. The molecule has 10 heavy (non-hydrogen) atoms. The molecule has 0 aromatic carbocycles. The minimum absolute atomic E-state index is 0.738. The SMILES string of the molecule is ClCCSN1CCOCC1. The molecule has 0 unspecified atom stereocenters. The van der Waals surface area contributed by atoms with E-state index < -0.39 is 0 Å². The maximum absolute atomic E-state index is 5.54. The van der Waals surface area contributed by atoms with Crippen molar-refractivity contribution >= 4 is 23.5 Å². The first kappa shape index (κ1) is 8.65. The summed E-state index contributed by atoms with van der Waals surface area (Å²) in [5.74, 6) is 1.75. The zero-order valence-corrected chi connectivity index (χ0v) is 7.46. The predicted octanol–water partition coefficient (Wildman–Crippen LogP) is 1.21. The number of alkyl halides is 1. The van der Waals surface area contributed by atoms with Gasteiger partial charge in [0.05, 0.1) is 13.2 Å². The Morgan fingerprint density at radius 1 is 1.40 bits per heavy atom. The van der Waals surface area contributed by atoms with E-state index >= 15 is 0 Å². The van der Waals surface area contributed by atoms with Crippen LogP contribution in [0.4, 0.5) is 0 Å². The first-order valence-corrected chi connectivity index (χ1v) is 4.93. The Balaban J connectivity index is 2.02. The van der Waals surface area contributed by atoms with E-state index in [0.717, 1.165) is 37.9 Å². The summed E-state index contributed by atoms with van der Waals surface area (Å²) in [6.45, 7) is 3.83. The van der Waals surface area contributed by atoms with Crippen LogP contribution < -0.4 is 0 Å². The highest BCUT2D eigenvalue weighted by molar-refractivity contribution is 7.97. The van der Waals surface area contributed by atoms with E-state index in [1.165, 1.54) is 0 Å². The number of hydrogen-bond acceptors (Lipinski definition) is 3. The van der Waals surface area contributed by atoms with Crippen LogP contribution in [-0.4, -0.2) is 42.2 Å². The van der Waals surface area contributed by atoms with Gasteiger partial charge in [-0.25, -0.2) is 4.31 Å². The van der Waals surface area contributed by atoms with E-state index in [2.05, 4.69) is 4.31 Å². The Morgan fingerprint density at radius 2 is 2.10 bits per heavy atom. The van der Waals surface area contributed by atoms with Crippen LogP contribution in [0.1, 0.15) is 0 Å². The minimum atomic E-state index is 0.738. The van der Waals surface area contributed by atoms with Crippen molar-refractivity contribution < 1.29 is 4.74 Å². The van der Waals surface area contributed by atoms with Crippen molar-refractivity contribution in [3.63, 3.8) is 0 Å². The molecule has 0 aliphatic carbocycles. The molecule has 0 spiro atoms. The molecule has 0 aromatic rings. The fourth-order valence-corrected chi connectivity index (χ4v) is 1.78. The van der Waals surface area contributed by atoms with E-state index in [1.807, 2.05) is 11.9 Å². The third-order valence-electron chi connectivity index (χ3n) is 1.32. The highest BCUT2D eigenvalue weighted by Crippen LogP contribution is 2.11. The molecule has 0 bridgehead atoms. The van der Waals surface area contributed by atoms with E-state index in [-0.39, 0.29) is 0 Å². The minimum Gasteiger partial charge on any atom is -0.379 e. The third-order valence-corrected chi connectivity index (χ3v) is 2.85. The molecule has 0 amide bonds. The second kappa shape index (κ2) is 5.24. The van der Waals surface area contributed by atoms with Crippen LogP contribution in [0.2, 0.25) is 0 Å². The van der Waals surface area contributed by atoms with Crippen molar-refractivity contribution in [3.05, 3.63) is 0 Å². The largest absolute Gasteiger partial charge is 0.379 e. The van der Waals surface area contributed by atoms with Crippen molar-refractivity contribution in [2.24, 2.45) is 0 Å². The second-order valence-corrected chi connectivity index (χ2v) is 3.62. The highest BCUT2D eigenvalue weighted by atomic mass is 35.5. The van der Waals surface area contributed by atoms with E-state index in [4.69, 9.17) is 16.3 Å². The first-order valence-electron chi connectivity index (χ1n) is 3.45. The van der Waals surface area contributed by atoms with Gasteiger partial charge in [-0.05, 0) is 0 Å². The standard InChI is InChI=1S/C6H12ClNOS/c7-1-6-10-8-2-4-9-5-3-8/h1-6H2. The summed E-state index contributed by atoms with van der Waals surface area (Å²) in [6.07, 6.45) is 0. The third kappa shape index (κ3) is 3.10. The van der Waals surface area contributed by atoms with E-state index in [0.29, 0.717) is 0 Å². The van der Waals surface area contributed by atoms with Crippen LogP contribution in [0.15, 0.2) is 0 Å². The zero-order valence-electron chi connectivity index (χ0n) is 5.88. The molecule has 1 aliphatic heterocycles. The Morgan fingerprint density at radius 3 is 2.70 bits per heavy atom. The topological polar surface area (TPSA) is 12.5 Å². The highest BCUT2D eigenvalue weighted by Gasteiger charge is 2.09. The fraction of sp³-hybridized carbons (Fsp3) is 1.00. The lowest BCUT2D eigenvalue weighted by Gasteiger charge is -2.24. The molecule has 60 valence electrons. The van der Waals surface area contributed by atoms with Gasteiger partial charge in [-0.1, -0.05) is 11.9 Å². The van der Waals surface area contributed by atoms with Gasteiger partial charge in [0.2, 0.25) is 0 Å². The average Bonchev–Trinajstić information content (AvgIpc) is 2.03. The van der Waals surface area contributed by atoms with Gasteiger partial charge in [-0.2, -0.15) is 0 Å². The Labute approximate surface area is 71.0 Å². The fourth-order valence-electron chi connectivity index (χ4n) is 0.839. The molecule has 1 fully saturated rings. The summed E-state index contributed by atoms with van der Waals surface area (Å²) in [4.78, 5) is 0. The predicted molar refractivity (Wildman–Crippen MR) is 45.6 cm³/mol. The quantitative estimate of drug-likeness (QED) is 0.480. The van der Waals surface area contributed by atoms with E-state index in [9.17, 15) is 0 Å². The van der Waals surface area contributed by atoms with Gasteiger partial charge < -0.3 is 4.74 Å². The zero-order chi connectivity index (χ0) is 7.23. The summed E-state index contributed by atoms with van der Waals surface area (Å²) in [7, 11) is 0. The van der Waals surface area contributed by atoms with Crippen LogP contribution in [0, 0.1) is 0 Å². The smallest absolute Gasteiger partial charge is 0.0603 e. The molecule has 1 heterocycles. The molecular formula is C6H12ClNOS. The van der Waals surface area contributed by atoms with Gasteiger partial charge in [0.1, 0.15) is 0 Å². The molecule has 1 saturated heterocycles. The van der Waals surface area contributed by atoms with Crippen LogP contribution in [-0.2, 0) is 4.74 Å². The molecule has 2 nitrogen and oxygen atoms in total. The summed E-state index contributed by atoms with van der Waals surface area (Å²) >= 11 is 7.36. The van der Waals surface area contributed by atoms with Gasteiger partial charge in [0.25, 0.3) is 0 Å². The Kier molecular flexibility index (Phi) is 4.54. The van der Waals surface area contributed by atoms with Crippen molar-refractivity contribution in [2.45, 2.75) is 0 Å². The van der Waals surface area contributed by atoms with Crippen molar-refractivity contribution in [3.8, 4) is 0 Å². The number of hydrogen-bond donors (Lipinski definition) is 0. The lowest BCUT2D eigenvalue weighted by atomic mass is 10.5. The van der Waals surface area contributed by atoms with Gasteiger partial charge in [-0.15, -0.1) is 11.6 Å². The lowest BCUT2D eigenvalue weighted by molar-refractivity contribution is 0.0774. The molecule has 4 heteroatoms. The van der Waals surface area contributed by atoms with E-state index in [1.54, 1.807) is 0 Å². The molecule has 1 aliphatic rings. The number of rotatable bonds is 3. The van der Waals surface area contributed by atoms with Crippen LogP contribution >= 0.6 is 23.5 Å². The van der Waals surface area contributed by atoms with Crippen molar-refractivity contribution in [2.75, 3.05) is 37.9 Å². The number of ether oxygens (including phenoxy) is 1. The number of nitrogens with zero attached hydrogens (tertiary/aromatic N) is 1. The summed E-state index contributed by atoms with van der Waals surface area (Å²) < 4.78 is 7.50. The maximum Gasteiger partial charge on any atom is 0.0603 e. The molecular weight excluding hydrogens is 170 g/mol. The molecule has 1 rings (SSSR count). The summed E-state index contributed by atoms with van der Waals surface area (Å²) in [5, 5.41) is 0. The lowest BCUT2D eigenvalue weighted by Crippen LogP contribution is -2.31. The number of morpholine rings is 1. The molecule has 0 atom stereocenters. The van der Waals surface area contributed by atoms with Crippen LogP contribution in [0.3, 0.4) is 0 Å². The van der Waals surface area contributed by atoms with Gasteiger partial charge in [-0.3, -0.25) is 0 Å². The van der Waals surface area contributed by atoms with Crippen molar-refractivity contribution in [1.82, 2.24) is 4.31 Å². The number of halogens is 1. The van der Waals surface area contributed by atoms with Gasteiger partial charge >= 0.3 is 0 Å². The Hall–Kier alpha value is 0.560. The second-order valence-electron chi connectivity index (χ2n) is 2.06. The first-order chi connectivity index (χ1) is 4.93. The van der Waals surface area contributed by atoms with Crippen LogP contribution in [0.25, 0.3) is 0 Å². The maximum atomic E-state index is 5.54. The summed E-state index contributed by atoms with van der Waals surface area (Å²) in [5.41, 5.74) is 0. The summed E-state index contributed by atoms with van der Waals surface area (Å²) in [6, 6.07) is 0. The molecule has 0 aromatic heterocycles. The van der Waals surface area contributed by atoms with Crippen molar-refractivity contribution in [1.29, 1.82) is 0 Å². The normalized spacial score (nSPS) is 21.3. The van der Waals surface area contributed by atoms with Gasteiger partial charge in [0, 0.05) is 24.7 Å². The Bertz CT molecular complexity index is 87.8. The average molecular weight is 182 g/mol. The molecule has 0 N–H and O–H groups in total. The van der Waals surface area contributed by atoms with Gasteiger partial charge in [0.15, 0.2) is 0 Å². The van der Waals surface area contributed by atoms with Crippen LogP contribution in [0.5, 0.6) is 0 Å². The monoisotopic (exact) mass is 181 g/mol. The molecule has 0 radical (unpaired) electrons.